The van der Waals surface area contributed by atoms with Gasteiger partial charge in [0.05, 0.1) is 51.7 Å². The van der Waals surface area contributed by atoms with E-state index in [4.69, 9.17) is 28.4 Å². The van der Waals surface area contributed by atoms with Crippen LogP contribution in [0.2, 0.25) is 0 Å². The number of unbranched alkanes of at least 4 members (excludes halogenated alkanes) is 2. The number of aryl methyl sites for hydroxylation is 1. The highest BCUT2D eigenvalue weighted by Gasteiger charge is 2.37. The number of benzene rings is 1. The standard InChI is InChI=1S/C41H59N3O10/c1-25(45)44-31-16-14-26-21-34(49-7)38(50-8)39(51-9)37(26)29-15-17-32(33(46)24-30(29)31)42-19-12-10-11-13-35(47)43-20-18-27-22-28(53-41(5,6)52-27)23-36(48)54-40(2,3)4/h15,17,21,24,27-28,31H,10-14,16,18-20,22-23H2,1-9H3,(H,42,46)(H,43,47)(H,44,45). The maximum absolute atomic E-state index is 13.6. The number of carbonyl (C=O) groups excluding carboxylic acids is 3. The Morgan fingerprint density at radius 2 is 1.65 bits per heavy atom. The van der Waals surface area contributed by atoms with E-state index in [0.29, 0.717) is 80.1 Å². The number of ether oxygens (including phenoxy) is 6. The van der Waals surface area contributed by atoms with Gasteiger partial charge >= 0.3 is 5.97 Å². The molecule has 298 valence electrons. The fourth-order valence-electron chi connectivity index (χ4n) is 7.22. The van der Waals surface area contributed by atoms with Gasteiger partial charge in [-0.3, -0.25) is 19.2 Å². The monoisotopic (exact) mass is 753 g/mol. The summed E-state index contributed by atoms with van der Waals surface area (Å²) in [5, 5.41) is 9.30. The molecule has 2 aromatic rings. The minimum Gasteiger partial charge on any atom is -0.493 e. The number of esters is 1. The number of amides is 2. The molecule has 3 atom stereocenters. The summed E-state index contributed by atoms with van der Waals surface area (Å²) in [6.07, 6.45) is 4.66. The Hall–Kier alpha value is -4.36. The highest BCUT2D eigenvalue weighted by Crippen LogP contribution is 2.50. The van der Waals surface area contributed by atoms with Gasteiger partial charge in [-0.2, -0.15) is 0 Å². The number of fused-ring (bicyclic) bond motifs is 3. The van der Waals surface area contributed by atoms with E-state index in [1.807, 2.05) is 46.8 Å². The Morgan fingerprint density at radius 1 is 0.926 bits per heavy atom. The first-order valence-corrected chi connectivity index (χ1v) is 18.9. The van der Waals surface area contributed by atoms with Crippen LogP contribution in [0.4, 0.5) is 5.69 Å². The quantitative estimate of drug-likeness (QED) is 0.137. The van der Waals surface area contributed by atoms with Crippen molar-refractivity contribution >= 4 is 23.5 Å². The van der Waals surface area contributed by atoms with Crippen molar-refractivity contribution in [3.05, 3.63) is 45.6 Å². The normalized spacial score (nSPS) is 18.9. The molecule has 3 N–H and O–H groups in total. The smallest absolute Gasteiger partial charge is 0.308 e. The molecule has 0 aromatic heterocycles. The molecule has 0 saturated carbocycles. The average molecular weight is 754 g/mol. The summed E-state index contributed by atoms with van der Waals surface area (Å²) in [7, 11) is 4.70. The molecule has 1 fully saturated rings. The molecule has 0 spiro atoms. The van der Waals surface area contributed by atoms with E-state index in [9.17, 15) is 19.2 Å². The van der Waals surface area contributed by atoms with Crippen molar-refractivity contribution in [2.75, 3.05) is 39.7 Å². The Labute approximate surface area is 319 Å². The van der Waals surface area contributed by atoms with Gasteiger partial charge in [0.25, 0.3) is 0 Å². The van der Waals surface area contributed by atoms with E-state index in [1.165, 1.54) is 6.92 Å². The largest absolute Gasteiger partial charge is 0.493 e. The van der Waals surface area contributed by atoms with E-state index >= 15 is 0 Å². The van der Waals surface area contributed by atoms with Crippen molar-refractivity contribution in [2.24, 2.45) is 0 Å². The summed E-state index contributed by atoms with van der Waals surface area (Å²) in [4.78, 5) is 50.7. The van der Waals surface area contributed by atoms with Crippen LogP contribution in [-0.4, -0.2) is 75.8 Å². The third-order valence-corrected chi connectivity index (χ3v) is 9.34. The van der Waals surface area contributed by atoms with Crippen LogP contribution in [0, 0.1) is 0 Å². The maximum atomic E-state index is 13.6. The second-order valence-electron chi connectivity index (χ2n) is 15.4. The molecule has 0 bridgehead atoms. The molecule has 2 aliphatic rings. The van der Waals surface area contributed by atoms with Crippen molar-refractivity contribution in [3.8, 4) is 28.4 Å². The summed E-state index contributed by atoms with van der Waals surface area (Å²) >= 11 is 0. The minimum absolute atomic E-state index is 0.0308. The van der Waals surface area contributed by atoms with Crippen LogP contribution < -0.4 is 35.6 Å². The number of anilines is 1. The van der Waals surface area contributed by atoms with Gasteiger partial charge in [-0.25, -0.2) is 0 Å². The highest BCUT2D eigenvalue weighted by molar-refractivity contribution is 5.84. The van der Waals surface area contributed by atoms with Crippen LogP contribution in [0.5, 0.6) is 17.2 Å². The summed E-state index contributed by atoms with van der Waals surface area (Å²) < 4.78 is 34.6. The average Bonchev–Trinajstić information content (AvgIpc) is 3.31. The van der Waals surface area contributed by atoms with Gasteiger partial charge in [0.2, 0.25) is 23.0 Å². The zero-order valence-corrected chi connectivity index (χ0v) is 33.4. The fourth-order valence-corrected chi connectivity index (χ4v) is 7.22. The predicted molar refractivity (Wildman–Crippen MR) is 206 cm³/mol. The summed E-state index contributed by atoms with van der Waals surface area (Å²) in [6, 6.07) is 6.80. The lowest BCUT2D eigenvalue weighted by molar-refractivity contribution is -0.300. The van der Waals surface area contributed by atoms with Crippen LogP contribution in [-0.2, 0) is 35.0 Å². The van der Waals surface area contributed by atoms with Crippen LogP contribution in [0.3, 0.4) is 0 Å². The van der Waals surface area contributed by atoms with E-state index in [2.05, 4.69) is 16.0 Å². The second-order valence-corrected chi connectivity index (χ2v) is 15.4. The molecule has 13 heteroatoms. The number of nitrogens with one attached hydrogen (secondary N) is 3. The lowest BCUT2D eigenvalue weighted by atomic mass is 9.95. The zero-order valence-electron chi connectivity index (χ0n) is 33.4. The first-order valence-electron chi connectivity index (χ1n) is 18.9. The Kier molecular flexibility index (Phi) is 14.8. The molecule has 13 nitrogen and oxygen atoms in total. The molecule has 1 aliphatic heterocycles. The summed E-state index contributed by atoms with van der Waals surface area (Å²) in [6.45, 7) is 11.6. The van der Waals surface area contributed by atoms with Crippen molar-refractivity contribution in [1.29, 1.82) is 0 Å². The molecule has 1 heterocycles. The Morgan fingerprint density at radius 3 is 2.31 bits per heavy atom. The molecule has 0 radical (unpaired) electrons. The number of hydrogen-bond donors (Lipinski definition) is 3. The van der Waals surface area contributed by atoms with Gasteiger partial charge in [-0.1, -0.05) is 12.5 Å². The van der Waals surface area contributed by atoms with Crippen LogP contribution in [0.1, 0.15) is 110 Å². The van der Waals surface area contributed by atoms with E-state index in [1.54, 1.807) is 33.5 Å². The van der Waals surface area contributed by atoms with Crippen LogP contribution in [0.15, 0.2) is 29.1 Å². The fraction of sp³-hybridized carbons (Fsp3) is 0.610. The van der Waals surface area contributed by atoms with Gasteiger partial charge in [0.1, 0.15) is 5.60 Å². The summed E-state index contributed by atoms with van der Waals surface area (Å²) in [5.74, 6) is 0.124. The summed E-state index contributed by atoms with van der Waals surface area (Å²) in [5.41, 5.74) is 2.91. The van der Waals surface area contributed by atoms with E-state index in [-0.39, 0.29) is 47.9 Å². The first-order chi connectivity index (χ1) is 25.5. The van der Waals surface area contributed by atoms with Gasteiger partial charge in [0, 0.05) is 38.4 Å². The SMILES string of the molecule is COc1cc2c(c(OC)c1OC)-c1ccc(NCCCCCC(=O)NCCC3CC(CC(=O)OC(C)(C)C)OC(C)(C)O3)c(=O)cc1C(NC(C)=O)CC2. The van der Waals surface area contributed by atoms with Gasteiger partial charge in [0.15, 0.2) is 17.3 Å². The van der Waals surface area contributed by atoms with Gasteiger partial charge < -0.3 is 44.4 Å². The van der Waals surface area contributed by atoms with Gasteiger partial charge in [-0.15, -0.1) is 0 Å². The highest BCUT2D eigenvalue weighted by atomic mass is 16.7. The molecule has 54 heavy (non-hydrogen) atoms. The Balaban J connectivity index is 1.30. The minimum atomic E-state index is -0.840. The van der Waals surface area contributed by atoms with Gasteiger partial charge in [-0.05, 0) is 102 Å². The lowest BCUT2D eigenvalue weighted by Crippen LogP contribution is -2.46. The number of methoxy groups -OCH3 is 3. The van der Waals surface area contributed by atoms with E-state index in [0.717, 1.165) is 29.5 Å². The Bertz CT molecular complexity index is 1700. The molecular weight excluding hydrogens is 694 g/mol. The van der Waals surface area contributed by atoms with Crippen molar-refractivity contribution in [3.63, 3.8) is 0 Å². The zero-order chi connectivity index (χ0) is 39.6. The number of rotatable bonds is 16. The first kappa shape index (κ1) is 42.4. The maximum Gasteiger partial charge on any atom is 0.308 e. The molecule has 2 amide bonds. The molecule has 3 unspecified atom stereocenters. The van der Waals surface area contributed by atoms with Crippen molar-refractivity contribution in [1.82, 2.24) is 10.6 Å². The molecule has 2 aromatic carbocycles. The van der Waals surface area contributed by atoms with E-state index < -0.39 is 11.4 Å². The molecular formula is C41H59N3O10. The lowest BCUT2D eigenvalue weighted by Gasteiger charge is -2.40. The van der Waals surface area contributed by atoms with Crippen molar-refractivity contribution < 1.29 is 42.8 Å². The van der Waals surface area contributed by atoms with Crippen LogP contribution in [0.25, 0.3) is 11.1 Å². The van der Waals surface area contributed by atoms with Crippen molar-refractivity contribution in [2.45, 2.75) is 129 Å². The number of carbonyl (C=O) groups is 3. The topological polar surface area (TPSA) is 160 Å². The molecule has 4 rings (SSSR count). The number of hydrogen-bond acceptors (Lipinski definition) is 11. The molecule has 1 saturated heterocycles. The predicted octanol–water partition coefficient (Wildman–Crippen LogP) is 5.98. The third kappa shape index (κ3) is 11.8. The third-order valence-electron chi connectivity index (χ3n) is 9.34. The molecule has 1 aliphatic carbocycles. The second kappa shape index (κ2) is 18.8. The van der Waals surface area contributed by atoms with Crippen LogP contribution >= 0.6 is 0 Å².